The van der Waals surface area contributed by atoms with Crippen LogP contribution in [-0.4, -0.2) is 41.2 Å². The molecule has 0 radical (unpaired) electrons. The number of anilines is 1. The molecule has 4 heteroatoms. The Morgan fingerprint density at radius 1 is 1.17 bits per heavy atom. The van der Waals surface area contributed by atoms with Crippen molar-refractivity contribution in [3.8, 4) is 0 Å². The van der Waals surface area contributed by atoms with Crippen molar-refractivity contribution in [2.24, 2.45) is 0 Å². The first kappa shape index (κ1) is 16.9. The Bertz CT molecular complexity index is 701. The predicted molar refractivity (Wildman–Crippen MR) is 98.2 cm³/mol. The lowest BCUT2D eigenvalue weighted by Gasteiger charge is -2.35. The standard InChI is InChI=1S/C20H27N3O/c1-15-6-4-5-7-17(15)12-23-11-10-19(14-24)22(3)20-18(13-23)9-8-16(2)21-20/h4-9,19,24H,10-14H2,1-3H3/t19-/m0/s1. The van der Waals surface area contributed by atoms with Gasteiger partial charge in [0.15, 0.2) is 0 Å². The topological polar surface area (TPSA) is 39.6 Å². The summed E-state index contributed by atoms with van der Waals surface area (Å²) in [7, 11) is 2.04. The van der Waals surface area contributed by atoms with Crippen molar-refractivity contribution in [1.29, 1.82) is 0 Å². The maximum atomic E-state index is 9.81. The van der Waals surface area contributed by atoms with Crippen LogP contribution in [0.3, 0.4) is 0 Å². The van der Waals surface area contributed by atoms with Gasteiger partial charge in [0.25, 0.3) is 0 Å². The van der Waals surface area contributed by atoms with Crippen LogP contribution in [0.25, 0.3) is 0 Å². The molecule has 1 N–H and O–H groups in total. The van der Waals surface area contributed by atoms with Gasteiger partial charge >= 0.3 is 0 Å². The van der Waals surface area contributed by atoms with Crippen LogP contribution in [0.1, 0.15) is 28.8 Å². The maximum absolute atomic E-state index is 9.81. The summed E-state index contributed by atoms with van der Waals surface area (Å²) in [5.74, 6) is 1.00. The van der Waals surface area contributed by atoms with E-state index in [9.17, 15) is 5.11 Å². The van der Waals surface area contributed by atoms with Crippen molar-refractivity contribution >= 4 is 5.82 Å². The van der Waals surface area contributed by atoms with Crippen LogP contribution < -0.4 is 4.90 Å². The second kappa shape index (κ2) is 7.32. The number of rotatable bonds is 3. The summed E-state index contributed by atoms with van der Waals surface area (Å²) in [6.45, 7) is 7.14. The molecular weight excluding hydrogens is 298 g/mol. The van der Waals surface area contributed by atoms with E-state index < -0.39 is 0 Å². The molecule has 1 atom stereocenters. The van der Waals surface area contributed by atoms with E-state index in [1.54, 1.807) is 0 Å². The summed E-state index contributed by atoms with van der Waals surface area (Å²) in [4.78, 5) is 9.35. The van der Waals surface area contributed by atoms with Crippen LogP contribution in [0, 0.1) is 13.8 Å². The van der Waals surface area contributed by atoms with Gasteiger partial charge in [-0.2, -0.15) is 0 Å². The number of hydrogen-bond donors (Lipinski definition) is 1. The number of pyridine rings is 1. The van der Waals surface area contributed by atoms with Crippen molar-refractivity contribution in [3.05, 3.63) is 58.8 Å². The highest BCUT2D eigenvalue weighted by Crippen LogP contribution is 2.26. The number of nitrogens with zero attached hydrogens (tertiary/aromatic N) is 3. The Kier molecular flexibility index (Phi) is 5.17. The van der Waals surface area contributed by atoms with E-state index in [0.717, 1.165) is 37.6 Å². The molecule has 0 bridgehead atoms. The number of likely N-dealkylation sites (N-methyl/N-ethyl adjacent to an activating group) is 1. The molecule has 2 heterocycles. The molecule has 0 saturated heterocycles. The van der Waals surface area contributed by atoms with Gasteiger partial charge in [0.05, 0.1) is 12.6 Å². The van der Waals surface area contributed by atoms with Crippen molar-refractivity contribution < 1.29 is 5.11 Å². The second-order valence-corrected chi connectivity index (χ2v) is 6.81. The zero-order chi connectivity index (χ0) is 17.1. The highest BCUT2D eigenvalue weighted by molar-refractivity contribution is 5.48. The Labute approximate surface area is 144 Å². The molecule has 0 fully saturated rings. The molecule has 24 heavy (non-hydrogen) atoms. The molecule has 0 spiro atoms. The number of fused-ring (bicyclic) bond motifs is 1. The third kappa shape index (κ3) is 3.60. The van der Waals surface area contributed by atoms with Crippen LogP contribution >= 0.6 is 0 Å². The van der Waals surface area contributed by atoms with E-state index in [-0.39, 0.29) is 12.6 Å². The quantitative estimate of drug-likeness (QED) is 0.942. The van der Waals surface area contributed by atoms with Gasteiger partial charge in [-0.25, -0.2) is 4.98 Å². The van der Waals surface area contributed by atoms with E-state index in [1.807, 2.05) is 14.0 Å². The Morgan fingerprint density at radius 2 is 1.96 bits per heavy atom. The summed E-state index contributed by atoms with van der Waals surface area (Å²) in [6, 6.07) is 12.9. The van der Waals surface area contributed by atoms with E-state index in [2.05, 4.69) is 53.1 Å². The maximum Gasteiger partial charge on any atom is 0.133 e. The van der Waals surface area contributed by atoms with Gasteiger partial charge in [-0.05, 0) is 37.5 Å². The summed E-state index contributed by atoms with van der Waals surface area (Å²) in [5, 5.41) is 9.81. The van der Waals surface area contributed by atoms with E-state index in [1.165, 1.54) is 16.7 Å². The van der Waals surface area contributed by atoms with Gasteiger partial charge in [-0.15, -0.1) is 0 Å². The molecule has 1 aromatic carbocycles. The number of aryl methyl sites for hydroxylation is 2. The van der Waals surface area contributed by atoms with Crippen molar-refractivity contribution in [3.63, 3.8) is 0 Å². The van der Waals surface area contributed by atoms with Crippen LogP contribution in [-0.2, 0) is 13.1 Å². The van der Waals surface area contributed by atoms with Crippen molar-refractivity contribution in [1.82, 2.24) is 9.88 Å². The average molecular weight is 325 g/mol. The lowest BCUT2D eigenvalue weighted by molar-refractivity contribution is 0.205. The van der Waals surface area contributed by atoms with Crippen LogP contribution in [0.2, 0.25) is 0 Å². The third-order valence-corrected chi connectivity index (χ3v) is 5.02. The molecular formula is C20H27N3O. The van der Waals surface area contributed by atoms with E-state index >= 15 is 0 Å². The van der Waals surface area contributed by atoms with E-state index in [0.29, 0.717) is 0 Å². The monoisotopic (exact) mass is 325 g/mol. The number of aliphatic hydroxyl groups is 1. The second-order valence-electron chi connectivity index (χ2n) is 6.81. The molecule has 0 aliphatic carbocycles. The molecule has 1 aliphatic heterocycles. The molecule has 1 aliphatic rings. The van der Waals surface area contributed by atoms with Gasteiger partial charge in [-0.1, -0.05) is 30.3 Å². The normalized spacial score (nSPS) is 18.8. The molecule has 0 unspecified atom stereocenters. The molecule has 4 nitrogen and oxygen atoms in total. The first-order valence-electron chi connectivity index (χ1n) is 8.65. The van der Waals surface area contributed by atoms with Gasteiger partial charge in [0.2, 0.25) is 0 Å². The largest absolute Gasteiger partial charge is 0.394 e. The minimum atomic E-state index is 0.109. The first-order valence-corrected chi connectivity index (χ1v) is 8.65. The Morgan fingerprint density at radius 3 is 2.71 bits per heavy atom. The summed E-state index contributed by atoms with van der Waals surface area (Å²) < 4.78 is 0. The molecule has 3 rings (SSSR count). The van der Waals surface area contributed by atoms with Crippen molar-refractivity contribution in [2.45, 2.75) is 39.4 Å². The molecule has 0 amide bonds. The van der Waals surface area contributed by atoms with Gasteiger partial charge < -0.3 is 10.0 Å². The smallest absolute Gasteiger partial charge is 0.133 e. The van der Waals surface area contributed by atoms with Crippen LogP contribution in [0.15, 0.2) is 36.4 Å². The predicted octanol–water partition coefficient (Wildman–Crippen LogP) is 2.90. The Hall–Kier alpha value is -1.91. The minimum absolute atomic E-state index is 0.109. The fraction of sp³-hybridized carbons (Fsp3) is 0.450. The van der Waals surface area contributed by atoms with Gasteiger partial charge in [0.1, 0.15) is 5.82 Å². The summed E-state index contributed by atoms with van der Waals surface area (Å²) >= 11 is 0. The lowest BCUT2D eigenvalue weighted by atomic mass is 10.0. The highest BCUT2D eigenvalue weighted by atomic mass is 16.3. The van der Waals surface area contributed by atoms with Gasteiger partial charge in [-0.3, -0.25) is 4.90 Å². The number of aliphatic hydroxyl groups excluding tert-OH is 1. The zero-order valence-electron chi connectivity index (χ0n) is 14.9. The first-order chi connectivity index (χ1) is 11.6. The fourth-order valence-electron chi connectivity index (χ4n) is 3.40. The SMILES string of the molecule is Cc1ccc2c(n1)N(C)[C@H](CO)CCN(Cc1ccccc1C)C2. The lowest BCUT2D eigenvalue weighted by Crippen LogP contribution is -2.41. The molecule has 2 aromatic rings. The van der Waals surface area contributed by atoms with Crippen LogP contribution in [0.5, 0.6) is 0 Å². The van der Waals surface area contributed by atoms with E-state index in [4.69, 9.17) is 4.98 Å². The number of hydrogen-bond acceptors (Lipinski definition) is 4. The number of aromatic nitrogens is 1. The number of benzene rings is 1. The highest BCUT2D eigenvalue weighted by Gasteiger charge is 2.24. The third-order valence-electron chi connectivity index (χ3n) is 5.02. The average Bonchev–Trinajstić information content (AvgIpc) is 2.57. The molecule has 0 saturated carbocycles. The molecule has 1 aromatic heterocycles. The van der Waals surface area contributed by atoms with Crippen molar-refractivity contribution in [2.75, 3.05) is 25.1 Å². The summed E-state index contributed by atoms with van der Waals surface area (Å²) in [5.41, 5.74) is 4.95. The Balaban J connectivity index is 1.90. The zero-order valence-corrected chi connectivity index (χ0v) is 14.9. The minimum Gasteiger partial charge on any atom is -0.394 e. The fourth-order valence-corrected chi connectivity index (χ4v) is 3.40. The van der Waals surface area contributed by atoms with Crippen LogP contribution in [0.4, 0.5) is 5.82 Å². The molecule has 128 valence electrons. The summed E-state index contributed by atoms with van der Waals surface area (Å²) in [6.07, 6.45) is 0.938. The van der Waals surface area contributed by atoms with Gasteiger partial charge in [0, 0.05) is 37.9 Å².